The van der Waals surface area contributed by atoms with Crippen LogP contribution in [0, 0.1) is 5.92 Å². The number of carbonyl (C=O) groups excluding carboxylic acids is 2. The fourth-order valence-corrected chi connectivity index (χ4v) is 8.23. The van der Waals surface area contributed by atoms with Gasteiger partial charge in [0.1, 0.15) is 44.9 Å². The van der Waals surface area contributed by atoms with Crippen molar-refractivity contribution >= 4 is 57.2 Å². The Morgan fingerprint density at radius 3 is 1.49 bits per heavy atom. The molecule has 12 nitrogen and oxygen atoms in total. The second-order valence-electron chi connectivity index (χ2n) is 19.9. The summed E-state index contributed by atoms with van der Waals surface area (Å²) in [6.07, 6.45) is 12.9. The van der Waals surface area contributed by atoms with Gasteiger partial charge in [-0.2, -0.15) is 0 Å². The zero-order valence-electron chi connectivity index (χ0n) is 41.6. The van der Waals surface area contributed by atoms with Gasteiger partial charge in [-0.25, -0.2) is 0 Å². The quantitative estimate of drug-likeness (QED) is 0.0526. The van der Waals surface area contributed by atoms with E-state index >= 15 is 0 Å². The molecule has 68 heavy (non-hydrogen) atoms. The van der Waals surface area contributed by atoms with Crippen molar-refractivity contribution in [2.75, 3.05) is 13.2 Å². The summed E-state index contributed by atoms with van der Waals surface area (Å²) in [7, 11) is 0. The van der Waals surface area contributed by atoms with Crippen LogP contribution in [0.2, 0.25) is 10.0 Å². The number of fused-ring (bicyclic) bond motifs is 2. The molecule has 14 heteroatoms. The fourth-order valence-electron chi connectivity index (χ4n) is 7.90. The lowest BCUT2D eigenvalue weighted by Gasteiger charge is -2.23. The Morgan fingerprint density at radius 2 is 1.03 bits per heavy atom. The number of benzene rings is 4. The molecule has 0 aliphatic rings. The number of unbranched alkanes of at least 4 members (excludes halogenated alkanes) is 6. The number of phenolic OH excluding ortho intramolecular Hbond substituents is 2. The zero-order chi connectivity index (χ0) is 49.6. The van der Waals surface area contributed by atoms with Crippen molar-refractivity contribution in [3.63, 3.8) is 0 Å². The molecule has 1 atom stereocenters. The van der Waals surface area contributed by atoms with Crippen LogP contribution in [-0.2, 0) is 42.7 Å². The molecule has 0 saturated heterocycles. The maximum atomic E-state index is 12.4. The van der Waals surface area contributed by atoms with Gasteiger partial charge in [0.15, 0.2) is 0 Å². The Balaban J connectivity index is 0.000000254. The minimum Gasteiger partial charge on any atom is -0.505 e. The third kappa shape index (κ3) is 15.4. The van der Waals surface area contributed by atoms with E-state index in [1.54, 1.807) is 36.4 Å². The fraction of sp³-hybridized carbons (Fsp3) is 0.519. The molecule has 0 radical (unpaired) electrons. The number of hydrogen-bond donors (Lipinski definition) is 2. The molecule has 0 aliphatic heterocycles. The maximum Gasteiger partial charge on any atom is 0.306 e. The highest BCUT2D eigenvalue weighted by molar-refractivity contribution is 6.31. The van der Waals surface area contributed by atoms with E-state index in [0.29, 0.717) is 75.5 Å². The number of aromatic hydroxyl groups is 2. The first kappa shape index (κ1) is 53.8. The van der Waals surface area contributed by atoms with E-state index in [-0.39, 0.29) is 47.1 Å². The number of halogens is 2. The van der Waals surface area contributed by atoms with Crippen LogP contribution in [-0.4, -0.2) is 65.4 Å². The third-order valence-electron chi connectivity index (χ3n) is 12.1. The largest absolute Gasteiger partial charge is 0.505 e. The Hall–Kier alpha value is -5.20. The maximum absolute atomic E-state index is 12.4. The molecular formula is C54H72Cl2N6O6. The van der Waals surface area contributed by atoms with Gasteiger partial charge in [-0.1, -0.05) is 149 Å². The Morgan fingerprint density at radius 1 is 0.588 bits per heavy atom. The second kappa shape index (κ2) is 24.9. The van der Waals surface area contributed by atoms with E-state index in [1.165, 1.54) is 35.3 Å². The van der Waals surface area contributed by atoms with Crippen LogP contribution in [0.25, 0.3) is 33.4 Å². The number of aromatic nitrogens is 6. The van der Waals surface area contributed by atoms with Crippen LogP contribution < -0.4 is 0 Å². The number of carbonyl (C=O) groups is 2. The molecule has 1 unspecified atom stereocenters. The third-order valence-corrected chi connectivity index (χ3v) is 12.5. The lowest BCUT2D eigenvalue weighted by atomic mass is 9.84. The number of ether oxygens (including phenoxy) is 2. The lowest BCUT2D eigenvalue weighted by molar-refractivity contribution is -0.145. The molecule has 6 aromatic rings. The molecule has 0 amide bonds. The molecule has 0 spiro atoms. The van der Waals surface area contributed by atoms with Crippen LogP contribution in [0.1, 0.15) is 162 Å². The summed E-state index contributed by atoms with van der Waals surface area (Å²) in [5.74, 6) is 0.294. The van der Waals surface area contributed by atoms with Crippen LogP contribution in [0.3, 0.4) is 0 Å². The van der Waals surface area contributed by atoms with Crippen molar-refractivity contribution < 1.29 is 29.3 Å². The minimum absolute atomic E-state index is 0.131. The monoisotopic (exact) mass is 970 g/mol. The van der Waals surface area contributed by atoms with Gasteiger partial charge in [0.05, 0.1) is 13.2 Å². The normalized spacial score (nSPS) is 12.3. The summed E-state index contributed by atoms with van der Waals surface area (Å²) in [4.78, 5) is 27.6. The first-order valence-corrected chi connectivity index (χ1v) is 25.2. The summed E-state index contributed by atoms with van der Waals surface area (Å²) in [6.45, 7) is 19.7. The van der Waals surface area contributed by atoms with E-state index in [9.17, 15) is 19.8 Å². The van der Waals surface area contributed by atoms with Crippen LogP contribution in [0.5, 0.6) is 11.5 Å². The SMILES string of the molecule is CCCCC(CC)COC(=O)CCc1cc(-n2nc3ccc(Cl)cc3n2)c(O)c(C(C)(C)C)c1.CCCCCCCCOC(=O)CCc1cc(-n2nc3ccc(Cl)cc3n2)c(O)c(C(C)(C)C)c1. The van der Waals surface area contributed by atoms with Crippen LogP contribution >= 0.6 is 23.2 Å². The van der Waals surface area contributed by atoms with Gasteiger partial charge in [0.25, 0.3) is 0 Å². The average Bonchev–Trinajstić information content (AvgIpc) is 3.91. The van der Waals surface area contributed by atoms with Gasteiger partial charge in [0, 0.05) is 34.0 Å². The first-order valence-electron chi connectivity index (χ1n) is 24.4. The van der Waals surface area contributed by atoms with Crippen molar-refractivity contribution in [2.24, 2.45) is 5.92 Å². The van der Waals surface area contributed by atoms with E-state index in [1.807, 2.05) is 65.8 Å². The van der Waals surface area contributed by atoms with Gasteiger partial charge < -0.3 is 19.7 Å². The highest BCUT2D eigenvalue weighted by atomic mass is 35.5. The average molecular weight is 972 g/mol. The molecule has 2 N–H and O–H groups in total. The summed E-state index contributed by atoms with van der Waals surface area (Å²) in [6, 6.07) is 18.2. The van der Waals surface area contributed by atoms with E-state index < -0.39 is 0 Å². The Kier molecular flexibility index (Phi) is 19.7. The van der Waals surface area contributed by atoms with E-state index in [2.05, 4.69) is 41.2 Å². The van der Waals surface area contributed by atoms with Crippen molar-refractivity contribution in [2.45, 2.75) is 163 Å². The van der Waals surface area contributed by atoms with Gasteiger partial charge in [0.2, 0.25) is 0 Å². The van der Waals surface area contributed by atoms with Crippen molar-refractivity contribution in [3.8, 4) is 22.9 Å². The number of aryl methyl sites for hydroxylation is 2. The minimum atomic E-state index is -0.307. The number of hydrogen-bond acceptors (Lipinski definition) is 10. The van der Waals surface area contributed by atoms with Gasteiger partial charge in [-0.3, -0.25) is 9.59 Å². The van der Waals surface area contributed by atoms with Gasteiger partial charge in [-0.05, 0) is 102 Å². The highest BCUT2D eigenvalue weighted by Crippen LogP contribution is 2.38. The van der Waals surface area contributed by atoms with Crippen molar-refractivity contribution in [1.29, 1.82) is 0 Å². The summed E-state index contributed by atoms with van der Waals surface area (Å²) in [5.41, 5.74) is 6.41. The lowest BCUT2D eigenvalue weighted by Crippen LogP contribution is -2.16. The molecule has 0 aliphatic carbocycles. The molecule has 0 saturated carbocycles. The molecule has 2 aromatic heterocycles. The van der Waals surface area contributed by atoms with Crippen molar-refractivity contribution in [1.82, 2.24) is 30.0 Å². The number of esters is 2. The smallest absolute Gasteiger partial charge is 0.306 e. The summed E-state index contributed by atoms with van der Waals surface area (Å²) in [5, 5.41) is 41.4. The van der Waals surface area contributed by atoms with Gasteiger partial charge >= 0.3 is 11.9 Å². The van der Waals surface area contributed by atoms with E-state index in [4.69, 9.17) is 32.7 Å². The highest BCUT2D eigenvalue weighted by Gasteiger charge is 2.25. The summed E-state index contributed by atoms with van der Waals surface area (Å²) < 4.78 is 11.0. The van der Waals surface area contributed by atoms with Crippen LogP contribution in [0.4, 0.5) is 0 Å². The number of rotatable bonds is 21. The molecule has 368 valence electrons. The number of nitrogens with zero attached hydrogens (tertiary/aromatic N) is 6. The van der Waals surface area contributed by atoms with Crippen LogP contribution in [0.15, 0.2) is 60.7 Å². The van der Waals surface area contributed by atoms with Gasteiger partial charge in [-0.15, -0.1) is 30.0 Å². The topological polar surface area (TPSA) is 154 Å². The molecule has 0 bridgehead atoms. The standard InChI is InChI=1S/2C27H36ClN3O3/c1-6-8-9-18(7-2)17-34-25(32)13-10-19-14-21(27(3,4)5)26(33)24(15-19)31-29-22-12-11-20(28)16-23(22)30-31;1-5-6-7-8-9-10-15-34-25(32)14-11-19-16-21(27(2,3)4)26(33)24(17-19)31-29-22-13-12-20(28)18-23(22)30-31/h11-12,14-16,18,33H,6-10,13,17H2,1-5H3;12-13,16-18,33H,5-11,14-15H2,1-4H3. The zero-order valence-corrected chi connectivity index (χ0v) is 43.1. The molecule has 6 rings (SSSR count). The van der Waals surface area contributed by atoms with E-state index in [0.717, 1.165) is 60.8 Å². The van der Waals surface area contributed by atoms with Crippen molar-refractivity contribution in [3.05, 3.63) is 93.0 Å². The molecule has 2 heterocycles. The molecular weight excluding hydrogens is 900 g/mol. The first-order chi connectivity index (χ1) is 32.3. The summed E-state index contributed by atoms with van der Waals surface area (Å²) >= 11 is 12.2. The molecule has 4 aromatic carbocycles. The molecule has 0 fully saturated rings. The predicted molar refractivity (Wildman–Crippen MR) is 274 cm³/mol. The number of phenols is 2. The second-order valence-corrected chi connectivity index (χ2v) is 20.7. The predicted octanol–water partition coefficient (Wildman–Crippen LogP) is 13.7. The Bertz CT molecular complexity index is 2610. The Labute approximate surface area is 412 Å².